The Balaban J connectivity index is 2.03. The Labute approximate surface area is 122 Å². The van der Waals surface area contributed by atoms with Gasteiger partial charge in [-0.2, -0.15) is 0 Å². The van der Waals surface area contributed by atoms with E-state index in [0.717, 1.165) is 25.8 Å². The predicted molar refractivity (Wildman–Crippen MR) is 79.2 cm³/mol. The zero-order valence-electron chi connectivity index (χ0n) is 12.9. The largest absolute Gasteiger partial charge is 0.344 e. The Morgan fingerprint density at radius 3 is 2.55 bits per heavy atom. The van der Waals surface area contributed by atoms with Crippen LogP contribution in [0.3, 0.4) is 0 Å². The highest BCUT2D eigenvalue weighted by atomic mass is 16.2. The van der Waals surface area contributed by atoms with E-state index in [1.54, 1.807) is 0 Å². The molecule has 1 aliphatic carbocycles. The molecule has 2 fully saturated rings. The standard InChI is InChI=1S/C16H28N2O2/c1-12(2)8-10-18-11-9-14(19)17-15(16(18)20)13-6-4-3-5-7-13/h12-13,15H,3-11H2,1-2H3,(H,17,19). The van der Waals surface area contributed by atoms with Crippen LogP contribution in [-0.4, -0.2) is 35.8 Å². The molecule has 1 atom stereocenters. The van der Waals surface area contributed by atoms with Crippen molar-refractivity contribution in [3.05, 3.63) is 0 Å². The van der Waals surface area contributed by atoms with E-state index in [1.165, 1.54) is 19.3 Å². The molecule has 1 aliphatic heterocycles. The molecule has 2 rings (SSSR count). The summed E-state index contributed by atoms with van der Waals surface area (Å²) in [5.41, 5.74) is 0. The van der Waals surface area contributed by atoms with Gasteiger partial charge in [-0.1, -0.05) is 33.1 Å². The maximum atomic E-state index is 12.7. The van der Waals surface area contributed by atoms with Crippen LogP contribution in [0.5, 0.6) is 0 Å². The second-order valence-electron chi connectivity index (χ2n) is 6.70. The van der Waals surface area contributed by atoms with Gasteiger partial charge in [0.15, 0.2) is 0 Å². The number of rotatable bonds is 4. The Morgan fingerprint density at radius 2 is 1.90 bits per heavy atom. The minimum absolute atomic E-state index is 0.0426. The third kappa shape index (κ3) is 3.97. The average Bonchev–Trinajstić information content (AvgIpc) is 2.58. The van der Waals surface area contributed by atoms with Crippen LogP contribution in [0.2, 0.25) is 0 Å². The molecule has 0 radical (unpaired) electrons. The molecule has 0 aromatic heterocycles. The molecule has 2 amide bonds. The Morgan fingerprint density at radius 1 is 1.20 bits per heavy atom. The maximum Gasteiger partial charge on any atom is 0.245 e. The van der Waals surface area contributed by atoms with Gasteiger partial charge in [-0.25, -0.2) is 0 Å². The number of nitrogens with one attached hydrogen (secondary N) is 1. The van der Waals surface area contributed by atoms with Crippen molar-refractivity contribution in [3.63, 3.8) is 0 Å². The van der Waals surface area contributed by atoms with Crippen molar-refractivity contribution in [2.24, 2.45) is 11.8 Å². The molecule has 1 N–H and O–H groups in total. The second-order valence-corrected chi connectivity index (χ2v) is 6.70. The minimum atomic E-state index is -0.266. The van der Waals surface area contributed by atoms with Crippen LogP contribution < -0.4 is 5.32 Å². The summed E-state index contributed by atoms with van der Waals surface area (Å²) in [6, 6.07) is -0.266. The molecule has 2 aliphatic rings. The number of amides is 2. The molecule has 1 saturated heterocycles. The lowest BCUT2D eigenvalue weighted by atomic mass is 9.83. The molecule has 1 unspecified atom stereocenters. The molecule has 20 heavy (non-hydrogen) atoms. The molecule has 4 heteroatoms. The van der Waals surface area contributed by atoms with E-state index in [2.05, 4.69) is 19.2 Å². The molecule has 4 nitrogen and oxygen atoms in total. The van der Waals surface area contributed by atoms with Gasteiger partial charge in [-0.15, -0.1) is 0 Å². The van der Waals surface area contributed by atoms with Crippen molar-refractivity contribution in [2.75, 3.05) is 13.1 Å². The van der Waals surface area contributed by atoms with Crippen LogP contribution in [0.4, 0.5) is 0 Å². The van der Waals surface area contributed by atoms with E-state index in [9.17, 15) is 9.59 Å². The quantitative estimate of drug-likeness (QED) is 0.859. The summed E-state index contributed by atoms with van der Waals surface area (Å²) in [6.45, 7) is 5.71. The van der Waals surface area contributed by atoms with Gasteiger partial charge in [0.05, 0.1) is 0 Å². The number of hydrogen-bond donors (Lipinski definition) is 1. The first-order chi connectivity index (χ1) is 9.58. The van der Waals surface area contributed by atoms with Gasteiger partial charge in [0.1, 0.15) is 6.04 Å². The molecule has 1 saturated carbocycles. The van der Waals surface area contributed by atoms with Gasteiger partial charge < -0.3 is 10.2 Å². The van der Waals surface area contributed by atoms with Gasteiger partial charge in [-0.05, 0) is 31.1 Å². The van der Waals surface area contributed by atoms with Crippen molar-refractivity contribution in [1.82, 2.24) is 10.2 Å². The van der Waals surface area contributed by atoms with Crippen LogP contribution in [0.1, 0.15) is 58.8 Å². The lowest BCUT2D eigenvalue weighted by molar-refractivity contribution is -0.135. The van der Waals surface area contributed by atoms with Gasteiger partial charge in [0, 0.05) is 19.5 Å². The SMILES string of the molecule is CC(C)CCN1CCC(=O)NC(C2CCCCC2)C1=O. The average molecular weight is 280 g/mol. The van der Waals surface area contributed by atoms with E-state index >= 15 is 0 Å². The third-order valence-corrected chi connectivity index (χ3v) is 4.60. The lowest BCUT2D eigenvalue weighted by Crippen LogP contribution is -2.49. The van der Waals surface area contributed by atoms with E-state index in [4.69, 9.17) is 0 Å². The Hall–Kier alpha value is -1.06. The topological polar surface area (TPSA) is 49.4 Å². The summed E-state index contributed by atoms with van der Waals surface area (Å²) < 4.78 is 0. The van der Waals surface area contributed by atoms with Gasteiger partial charge in [0.2, 0.25) is 11.8 Å². The summed E-state index contributed by atoms with van der Waals surface area (Å²) in [4.78, 5) is 26.5. The molecular weight excluding hydrogens is 252 g/mol. The van der Waals surface area contributed by atoms with Crippen molar-refractivity contribution < 1.29 is 9.59 Å². The third-order valence-electron chi connectivity index (χ3n) is 4.60. The number of hydrogen-bond acceptors (Lipinski definition) is 2. The predicted octanol–water partition coefficient (Wildman–Crippen LogP) is 2.33. The molecule has 0 aromatic carbocycles. The highest BCUT2D eigenvalue weighted by molar-refractivity contribution is 5.90. The van der Waals surface area contributed by atoms with E-state index in [1.807, 2.05) is 4.90 Å². The van der Waals surface area contributed by atoms with Crippen molar-refractivity contribution in [1.29, 1.82) is 0 Å². The molecule has 114 valence electrons. The smallest absolute Gasteiger partial charge is 0.245 e. The Bertz CT molecular complexity index is 348. The summed E-state index contributed by atoms with van der Waals surface area (Å²) in [5, 5.41) is 2.99. The number of carbonyl (C=O) groups excluding carboxylic acids is 2. The zero-order valence-corrected chi connectivity index (χ0v) is 12.9. The van der Waals surface area contributed by atoms with Gasteiger partial charge >= 0.3 is 0 Å². The van der Waals surface area contributed by atoms with E-state index in [-0.39, 0.29) is 17.9 Å². The summed E-state index contributed by atoms with van der Waals surface area (Å²) >= 11 is 0. The Kier molecular flexibility index (Phi) is 5.44. The van der Waals surface area contributed by atoms with Gasteiger partial charge in [-0.3, -0.25) is 9.59 Å². The van der Waals surface area contributed by atoms with Crippen molar-refractivity contribution >= 4 is 11.8 Å². The molecule has 0 bridgehead atoms. The van der Waals surface area contributed by atoms with Crippen LogP contribution in [0.25, 0.3) is 0 Å². The van der Waals surface area contributed by atoms with Crippen LogP contribution >= 0.6 is 0 Å². The molecule has 0 aromatic rings. The lowest BCUT2D eigenvalue weighted by Gasteiger charge is -2.32. The highest BCUT2D eigenvalue weighted by Crippen LogP contribution is 2.28. The summed E-state index contributed by atoms with van der Waals surface area (Å²) in [5.74, 6) is 1.13. The highest BCUT2D eigenvalue weighted by Gasteiger charge is 2.35. The van der Waals surface area contributed by atoms with E-state index < -0.39 is 0 Å². The van der Waals surface area contributed by atoms with Crippen LogP contribution in [0.15, 0.2) is 0 Å². The molecule has 0 spiro atoms. The fourth-order valence-electron chi connectivity index (χ4n) is 3.27. The minimum Gasteiger partial charge on any atom is -0.344 e. The second kappa shape index (κ2) is 7.09. The summed E-state index contributed by atoms with van der Waals surface area (Å²) in [6.07, 6.45) is 7.27. The number of nitrogens with zero attached hydrogens (tertiary/aromatic N) is 1. The van der Waals surface area contributed by atoms with Crippen LogP contribution in [0, 0.1) is 11.8 Å². The first-order valence-electron chi connectivity index (χ1n) is 8.16. The van der Waals surface area contributed by atoms with Crippen LogP contribution in [-0.2, 0) is 9.59 Å². The summed E-state index contributed by atoms with van der Waals surface area (Å²) in [7, 11) is 0. The van der Waals surface area contributed by atoms with E-state index in [0.29, 0.717) is 24.8 Å². The van der Waals surface area contributed by atoms with Crippen molar-refractivity contribution in [2.45, 2.75) is 64.8 Å². The number of carbonyl (C=O) groups is 2. The molecular formula is C16H28N2O2. The fraction of sp³-hybridized carbons (Fsp3) is 0.875. The van der Waals surface area contributed by atoms with Gasteiger partial charge in [0.25, 0.3) is 0 Å². The zero-order chi connectivity index (χ0) is 14.5. The first-order valence-corrected chi connectivity index (χ1v) is 8.16. The fourth-order valence-corrected chi connectivity index (χ4v) is 3.27. The monoisotopic (exact) mass is 280 g/mol. The maximum absolute atomic E-state index is 12.7. The van der Waals surface area contributed by atoms with Crippen molar-refractivity contribution in [3.8, 4) is 0 Å². The normalized spacial score (nSPS) is 25.8. The molecule has 1 heterocycles. The first kappa shape index (κ1) is 15.3.